The highest BCUT2D eigenvalue weighted by Crippen LogP contribution is 2.56. The van der Waals surface area contributed by atoms with E-state index in [4.69, 9.17) is 0 Å². The summed E-state index contributed by atoms with van der Waals surface area (Å²) in [4.78, 5) is 2.42. The molecule has 11 aromatic carbocycles. The molecule has 2 heterocycles. The molecular weight excluding hydrogens is 847 g/mol. The Balaban J connectivity index is 0.904. The summed E-state index contributed by atoms with van der Waals surface area (Å²) in [6.45, 7) is 0. The van der Waals surface area contributed by atoms with Crippen LogP contribution in [-0.2, 0) is 5.41 Å². The van der Waals surface area contributed by atoms with E-state index in [1.165, 1.54) is 82.6 Å². The largest absolute Gasteiger partial charge is 0.310 e. The van der Waals surface area contributed by atoms with Crippen molar-refractivity contribution in [3.05, 3.63) is 295 Å². The van der Waals surface area contributed by atoms with Crippen LogP contribution in [0.3, 0.4) is 0 Å². The second-order valence-electron chi connectivity index (χ2n) is 18.4. The van der Waals surface area contributed by atoms with Crippen LogP contribution in [0, 0.1) is 0 Å². The number of rotatable bonds is 8. The van der Waals surface area contributed by atoms with Gasteiger partial charge in [-0.3, -0.25) is 0 Å². The van der Waals surface area contributed by atoms with Gasteiger partial charge in [0.25, 0.3) is 0 Å². The quantitative estimate of drug-likeness (QED) is 0.148. The summed E-state index contributed by atoms with van der Waals surface area (Å²) >= 11 is 0. The number of hydrogen-bond acceptors (Lipinski definition) is 1. The second-order valence-corrected chi connectivity index (χ2v) is 18.4. The second kappa shape index (κ2) is 16.0. The Hall–Kier alpha value is -9.18. The number of aromatic nitrogens is 2. The first-order valence-electron chi connectivity index (χ1n) is 24.2. The summed E-state index contributed by atoms with van der Waals surface area (Å²) in [5, 5.41) is 5.04. The van der Waals surface area contributed by atoms with Gasteiger partial charge in [0, 0.05) is 50.0 Å². The van der Waals surface area contributed by atoms with E-state index in [9.17, 15) is 0 Å². The van der Waals surface area contributed by atoms with E-state index in [2.05, 4.69) is 287 Å². The number of nitrogens with zero attached hydrogens (tertiary/aromatic N) is 3. The van der Waals surface area contributed by atoms with Crippen LogP contribution in [0.2, 0.25) is 0 Å². The lowest BCUT2D eigenvalue weighted by atomic mass is 9.67. The summed E-state index contributed by atoms with van der Waals surface area (Å²) < 4.78 is 4.76. The van der Waals surface area contributed by atoms with Crippen LogP contribution < -0.4 is 4.90 Å². The highest BCUT2D eigenvalue weighted by molar-refractivity contribution is 6.10. The number of fused-ring (bicyclic) bond motifs is 9. The summed E-state index contributed by atoms with van der Waals surface area (Å²) in [6.07, 6.45) is 0. The first-order valence-corrected chi connectivity index (χ1v) is 24.2. The molecule has 13 aromatic rings. The average molecular weight is 892 g/mol. The maximum Gasteiger partial charge on any atom is 0.0714 e. The van der Waals surface area contributed by atoms with Gasteiger partial charge >= 0.3 is 0 Å². The minimum atomic E-state index is -0.522. The fraction of sp³-hybridized carbons (Fsp3) is 0.0149. The summed E-state index contributed by atoms with van der Waals surface area (Å²) in [5.74, 6) is 0. The Labute approximate surface area is 407 Å². The number of anilines is 3. The third kappa shape index (κ3) is 6.01. The molecule has 328 valence electrons. The van der Waals surface area contributed by atoms with Crippen molar-refractivity contribution in [2.75, 3.05) is 4.90 Å². The van der Waals surface area contributed by atoms with E-state index in [1.54, 1.807) is 0 Å². The van der Waals surface area contributed by atoms with Crippen LogP contribution in [0.4, 0.5) is 17.1 Å². The van der Waals surface area contributed by atoms with Crippen LogP contribution in [-0.4, -0.2) is 9.13 Å². The van der Waals surface area contributed by atoms with Crippen LogP contribution in [0.15, 0.2) is 273 Å². The van der Waals surface area contributed by atoms with E-state index < -0.39 is 5.41 Å². The van der Waals surface area contributed by atoms with Crippen LogP contribution in [0.25, 0.3) is 77.2 Å². The normalized spacial score (nSPS) is 12.7. The van der Waals surface area contributed by atoms with Crippen LogP contribution >= 0.6 is 0 Å². The van der Waals surface area contributed by atoms with Gasteiger partial charge in [-0.1, -0.05) is 188 Å². The Bertz CT molecular complexity index is 3950. The van der Waals surface area contributed by atoms with Gasteiger partial charge in [-0.25, -0.2) is 0 Å². The molecule has 70 heavy (non-hydrogen) atoms. The molecule has 14 rings (SSSR count). The summed E-state index contributed by atoms with van der Waals surface area (Å²) in [5.41, 5.74) is 19.8. The lowest BCUT2D eigenvalue weighted by molar-refractivity contribution is 0.768. The van der Waals surface area contributed by atoms with Crippen LogP contribution in [0.5, 0.6) is 0 Å². The topological polar surface area (TPSA) is 13.1 Å². The zero-order chi connectivity index (χ0) is 46.2. The maximum atomic E-state index is 2.42. The Kier molecular flexibility index (Phi) is 9.11. The van der Waals surface area contributed by atoms with Gasteiger partial charge in [-0.2, -0.15) is 0 Å². The van der Waals surface area contributed by atoms with Crippen molar-refractivity contribution in [1.82, 2.24) is 9.13 Å². The zero-order valence-corrected chi connectivity index (χ0v) is 38.3. The molecule has 0 atom stereocenters. The third-order valence-corrected chi connectivity index (χ3v) is 14.8. The minimum absolute atomic E-state index is 0.522. The van der Waals surface area contributed by atoms with Crippen LogP contribution in [0.1, 0.15) is 22.3 Å². The molecule has 3 heteroatoms. The van der Waals surface area contributed by atoms with E-state index in [1.807, 2.05) is 0 Å². The molecule has 2 aromatic heterocycles. The van der Waals surface area contributed by atoms with Crippen molar-refractivity contribution in [3.63, 3.8) is 0 Å². The van der Waals surface area contributed by atoms with Crippen molar-refractivity contribution in [1.29, 1.82) is 0 Å². The average Bonchev–Trinajstić information content (AvgIpc) is 4.07. The first-order chi connectivity index (χ1) is 34.7. The van der Waals surface area contributed by atoms with Gasteiger partial charge in [-0.15, -0.1) is 0 Å². The van der Waals surface area contributed by atoms with Crippen molar-refractivity contribution in [3.8, 4) is 33.6 Å². The van der Waals surface area contributed by atoms with Gasteiger partial charge in [-0.05, 0) is 129 Å². The lowest BCUT2D eigenvalue weighted by Crippen LogP contribution is -2.28. The van der Waals surface area contributed by atoms with Gasteiger partial charge < -0.3 is 14.0 Å². The highest BCUT2D eigenvalue weighted by Gasteiger charge is 2.46. The predicted octanol–water partition coefficient (Wildman–Crippen LogP) is 17.4. The number of benzene rings is 11. The monoisotopic (exact) mass is 891 g/mol. The van der Waals surface area contributed by atoms with Gasteiger partial charge in [0.1, 0.15) is 0 Å². The SMILES string of the molecule is c1ccc(C2(c3cccc(N(c4ccc(-c5ccc(-n6c7ccccc7c7ccccc76)cc5)cc4)c4ccc(-n5c6ccccc6c6ccccc65)cc4)c3)c3ccccc3-c3ccccc32)cc1. The molecule has 0 amide bonds. The minimum Gasteiger partial charge on any atom is -0.310 e. The zero-order valence-electron chi connectivity index (χ0n) is 38.3. The molecule has 0 bridgehead atoms. The Morgan fingerprint density at radius 2 is 0.643 bits per heavy atom. The van der Waals surface area contributed by atoms with Crippen molar-refractivity contribution >= 4 is 60.7 Å². The van der Waals surface area contributed by atoms with Crippen molar-refractivity contribution in [2.45, 2.75) is 5.41 Å². The fourth-order valence-electron chi connectivity index (χ4n) is 11.8. The summed E-state index contributed by atoms with van der Waals surface area (Å²) in [7, 11) is 0. The third-order valence-electron chi connectivity index (χ3n) is 14.8. The molecule has 0 saturated heterocycles. The molecule has 1 aliphatic carbocycles. The Morgan fingerprint density at radius 3 is 1.13 bits per heavy atom. The molecule has 0 saturated carbocycles. The fourth-order valence-corrected chi connectivity index (χ4v) is 11.8. The van der Waals surface area contributed by atoms with E-state index >= 15 is 0 Å². The van der Waals surface area contributed by atoms with E-state index in [0.29, 0.717) is 0 Å². The highest BCUT2D eigenvalue weighted by atomic mass is 15.1. The van der Waals surface area contributed by atoms with Gasteiger partial charge in [0.2, 0.25) is 0 Å². The molecule has 1 aliphatic rings. The van der Waals surface area contributed by atoms with Gasteiger partial charge in [0.05, 0.1) is 27.5 Å². The summed E-state index contributed by atoms with van der Waals surface area (Å²) in [6, 6.07) is 100. The Morgan fingerprint density at radius 1 is 0.271 bits per heavy atom. The molecule has 0 unspecified atom stereocenters. The molecule has 0 fully saturated rings. The molecular formula is C67H45N3. The maximum absolute atomic E-state index is 2.42. The van der Waals surface area contributed by atoms with Crippen molar-refractivity contribution < 1.29 is 0 Å². The molecule has 0 aliphatic heterocycles. The lowest BCUT2D eigenvalue weighted by Gasteiger charge is -2.35. The standard InChI is InChI=1S/C67H45N3/c1-2-17-48(18-3-1)67(61-27-10-4-21-55(61)56-22-5-11-28-62(56)67)49-19-16-20-54(45-49)68(51-41-43-53(44-42-51)70-65-31-14-8-25-59(65)60-26-9-15-32-66(60)70)50-37-33-46(34-38-50)47-35-39-52(40-36-47)69-63-29-12-6-23-57(63)58-24-7-13-30-64(58)69/h1-45H. The first kappa shape index (κ1) is 39.9. The number of hydrogen-bond donors (Lipinski definition) is 0. The number of para-hydroxylation sites is 4. The van der Waals surface area contributed by atoms with E-state index in [-0.39, 0.29) is 0 Å². The predicted molar refractivity (Wildman–Crippen MR) is 293 cm³/mol. The van der Waals surface area contributed by atoms with E-state index in [0.717, 1.165) is 34.0 Å². The van der Waals surface area contributed by atoms with Gasteiger partial charge in [0.15, 0.2) is 0 Å². The smallest absolute Gasteiger partial charge is 0.0714 e. The molecule has 0 radical (unpaired) electrons. The molecule has 3 nitrogen and oxygen atoms in total. The van der Waals surface area contributed by atoms with Crippen molar-refractivity contribution in [2.24, 2.45) is 0 Å². The molecule has 0 spiro atoms. The molecule has 0 N–H and O–H groups in total.